The lowest BCUT2D eigenvalue weighted by atomic mass is 10.3. The first kappa shape index (κ1) is 12.2. The standard InChI is InChI=1S/C7H14N2O3S/c1-13-7(6-9(11)12)8-4-2-3-5-10/h6,8,10H,2-5H2,1H3. The second kappa shape index (κ2) is 7.88. The van der Waals surface area contributed by atoms with Crippen LogP contribution in [0.15, 0.2) is 11.2 Å². The minimum absolute atomic E-state index is 0.162. The molecule has 0 rings (SSSR count). The molecule has 0 saturated carbocycles. The molecule has 6 heteroatoms. The van der Waals surface area contributed by atoms with E-state index in [1.165, 1.54) is 11.8 Å². The maximum Gasteiger partial charge on any atom is 0.263 e. The zero-order valence-electron chi connectivity index (χ0n) is 7.52. The first-order chi connectivity index (χ1) is 6.20. The number of aliphatic hydroxyl groups is 1. The maximum atomic E-state index is 10.1. The van der Waals surface area contributed by atoms with Gasteiger partial charge in [0, 0.05) is 13.2 Å². The van der Waals surface area contributed by atoms with Crippen molar-refractivity contribution in [3.8, 4) is 0 Å². The van der Waals surface area contributed by atoms with Crippen LogP contribution < -0.4 is 5.32 Å². The highest BCUT2D eigenvalue weighted by atomic mass is 32.2. The highest BCUT2D eigenvalue weighted by Gasteiger charge is 1.99. The topological polar surface area (TPSA) is 75.4 Å². The molecule has 0 radical (unpaired) electrons. The van der Waals surface area contributed by atoms with Crippen LogP contribution in [0.1, 0.15) is 12.8 Å². The minimum atomic E-state index is -0.481. The van der Waals surface area contributed by atoms with Gasteiger partial charge in [-0.05, 0) is 19.1 Å². The second-order valence-electron chi connectivity index (χ2n) is 2.34. The number of hydrogen-bond donors (Lipinski definition) is 2. The quantitative estimate of drug-likeness (QED) is 0.366. The summed E-state index contributed by atoms with van der Waals surface area (Å²) in [6.07, 6.45) is 4.25. The summed E-state index contributed by atoms with van der Waals surface area (Å²) in [4.78, 5) is 9.61. The van der Waals surface area contributed by atoms with E-state index in [1.54, 1.807) is 6.26 Å². The number of rotatable bonds is 7. The largest absolute Gasteiger partial charge is 0.396 e. The third-order valence-corrected chi connectivity index (χ3v) is 2.02. The average molecular weight is 206 g/mol. The molecule has 0 unspecified atom stereocenters. The molecule has 0 aliphatic rings. The summed E-state index contributed by atoms with van der Waals surface area (Å²) >= 11 is 1.30. The molecule has 0 aliphatic heterocycles. The van der Waals surface area contributed by atoms with Crippen molar-refractivity contribution in [2.45, 2.75) is 12.8 Å². The first-order valence-corrected chi connectivity index (χ1v) is 5.17. The van der Waals surface area contributed by atoms with Crippen LogP contribution in [-0.2, 0) is 0 Å². The predicted molar refractivity (Wildman–Crippen MR) is 52.9 cm³/mol. The van der Waals surface area contributed by atoms with Crippen LogP contribution in [0, 0.1) is 10.1 Å². The summed E-state index contributed by atoms with van der Waals surface area (Å²) in [5.41, 5.74) is 0. The molecule has 76 valence electrons. The van der Waals surface area contributed by atoms with Crippen molar-refractivity contribution in [2.75, 3.05) is 19.4 Å². The molecular formula is C7H14N2O3S. The Morgan fingerprint density at radius 3 is 2.85 bits per heavy atom. The van der Waals surface area contributed by atoms with Gasteiger partial charge in [0.2, 0.25) is 0 Å². The number of thioether (sulfide) groups is 1. The van der Waals surface area contributed by atoms with E-state index in [0.717, 1.165) is 12.6 Å². The Hall–Kier alpha value is -0.750. The van der Waals surface area contributed by atoms with Crippen molar-refractivity contribution in [1.82, 2.24) is 5.32 Å². The van der Waals surface area contributed by atoms with Gasteiger partial charge in [0.1, 0.15) is 5.03 Å². The van der Waals surface area contributed by atoms with E-state index in [4.69, 9.17) is 5.11 Å². The summed E-state index contributed by atoms with van der Waals surface area (Å²) in [7, 11) is 0. The first-order valence-electron chi connectivity index (χ1n) is 3.94. The lowest BCUT2D eigenvalue weighted by Crippen LogP contribution is -2.14. The van der Waals surface area contributed by atoms with E-state index < -0.39 is 4.92 Å². The molecule has 0 saturated heterocycles. The molecule has 5 nitrogen and oxygen atoms in total. The molecule has 0 aromatic rings. The SMILES string of the molecule is CSC(=C[N+](=O)[O-])NCCCCO. The van der Waals surface area contributed by atoms with Gasteiger partial charge < -0.3 is 10.4 Å². The van der Waals surface area contributed by atoms with E-state index in [9.17, 15) is 10.1 Å². The second-order valence-corrected chi connectivity index (χ2v) is 3.19. The number of nitro groups is 1. The van der Waals surface area contributed by atoms with Gasteiger partial charge in [0.15, 0.2) is 0 Å². The Morgan fingerprint density at radius 2 is 2.38 bits per heavy atom. The molecule has 0 bridgehead atoms. The summed E-state index contributed by atoms with van der Waals surface area (Å²) in [6.45, 7) is 0.816. The summed E-state index contributed by atoms with van der Waals surface area (Å²) in [5.74, 6) is 0. The fraction of sp³-hybridized carbons (Fsp3) is 0.714. The van der Waals surface area contributed by atoms with E-state index in [1.807, 2.05) is 0 Å². The Kier molecular flexibility index (Phi) is 7.42. The third kappa shape index (κ3) is 7.61. The van der Waals surface area contributed by atoms with Crippen LogP contribution in [0.2, 0.25) is 0 Å². The van der Waals surface area contributed by atoms with E-state index in [-0.39, 0.29) is 6.61 Å². The van der Waals surface area contributed by atoms with E-state index >= 15 is 0 Å². The molecule has 0 aromatic heterocycles. The smallest absolute Gasteiger partial charge is 0.263 e. The van der Waals surface area contributed by atoms with Gasteiger partial charge in [-0.25, -0.2) is 0 Å². The monoisotopic (exact) mass is 206 g/mol. The van der Waals surface area contributed by atoms with Crippen LogP contribution in [0.4, 0.5) is 0 Å². The van der Waals surface area contributed by atoms with Gasteiger partial charge in [0.05, 0.1) is 4.92 Å². The third-order valence-electron chi connectivity index (χ3n) is 1.33. The molecular weight excluding hydrogens is 192 g/mol. The molecule has 0 heterocycles. The van der Waals surface area contributed by atoms with Crippen LogP contribution in [-0.4, -0.2) is 29.4 Å². The van der Waals surface area contributed by atoms with Gasteiger partial charge in [-0.2, -0.15) is 0 Å². The van der Waals surface area contributed by atoms with Crippen molar-refractivity contribution in [2.24, 2.45) is 0 Å². The van der Waals surface area contributed by atoms with Crippen molar-refractivity contribution < 1.29 is 10.0 Å². The number of hydrogen-bond acceptors (Lipinski definition) is 5. The average Bonchev–Trinajstić information content (AvgIpc) is 2.09. The molecule has 2 N–H and O–H groups in total. The summed E-state index contributed by atoms with van der Waals surface area (Å²) in [6, 6.07) is 0. The molecule has 0 amide bonds. The van der Waals surface area contributed by atoms with Gasteiger partial charge >= 0.3 is 0 Å². The van der Waals surface area contributed by atoms with E-state index in [2.05, 4.69) is 5.32 Å². The van der Waals surface area contributed by atoms with Crippen molar-refractivity contribution in [3.63, 3.8) is 0 Å². The van der Waals surface area contributed by atoms with Crippen molar-refractivity contribution in [1.29, 1.82) is 0 Å². The zero-order chi connectivity index (χ0) is 10.1. The van der Waals surface area contributed by atoms with Crippen LogP contribution >= 0.6 is 11.8 Å². The maximum absolute atomic E-state index is 10.1. The molecule has 13 heavy (non-hydrogen) atoms. The molecule has 0 fully saturated rings. The highest BCUT2D eigenvalue weighted by molar-refractivity contribution is 8.02. The van der Waals surface area contributed by atoms with Crippen molar-refractivity contribution >= 4 is 11.8 Å². The Bertz CT molecular complexity index is 185. The number of unbranched alkanes of at least 4 members (excludes halogenated alkanes) is 1. The lowest BCUT2D eigenvalue weighted by molar-refractivity contribution is -0.403. The Balaban J connectivity index is 3.66. The Labute approximate surface area is 81.4 Å². The van der Waals surface area contributed by atoms with Gasteiger partial charge in [-0.15, -0.1) is 11.8 Å². The summed E-state index contributed by atoms with van der Waals surface area (Å²) in [5, 5.41) is 22.0. The van der Waals surface area contributed by atoms with Crippen LogP contribution in [0.5, 0.6) is 0 Å². The molecule has 0 aromatic carbocycles. The fourth-order valence-electron chi connectivity index (χ4n) is 0.715. The molecule has 0 atom stereocenters. The molecule has 0 spiro atoms. The van der Waals surface area contributed by atoms with Crippen LogP contribution in [0.25, 0.3) is 0 Å². The predicted octanol–water partition coefficient (Wildman–Crippen LogP) is 0.787. The number of nitrogens with one attached hydrogen (secondary N) is 1. The highest BCUT2D eigenvalue weighted by Crippen LogP contribution is 2.06. The normalized spacial score (nSPS) is 11.4. The minimum Gasteiger partial charge on any atom is -0.396 e. The van der Waals surface area contributed by atoms with Crippen molar-refractivity contribution in [3.05, 3.63) is 21.3 Å². The fourth-order valence-corrected chi connectivity index (χ4v) is 1.15. The number of aliphatic hydroxyl groups excluding tert-OH is 1. The van der Waals surface area contributed by atoms with Gasteiger partial charge in [-0.3, -0.25) is 10.1 Å². The van der Waals surface area contributed by atoms with E-state index in [0.29, 0.717) is 18.0 Å². The lowest BCUT2D eigenvalue weighted by Gasteiger charge is -2.04. The molecule has 0 aliphatic carbocycles. The van der Waals surface area contributed by atoms with Crippen LogP contribution in [0.3, 0.4) is 0 Å². The zero-order valence-corrected chi connectivity index (χ0v) is 8.34. The van der Waals surface area contributed by atoms with Gasteiger partial charge in [-0.1, -0.05) is 0 Å². The Morgan fingerprint density at radius 1 is 1.69 bits per heavy atom. The number of nitrogens with zero attached hydrogens (tertiary/aromatic N) is 1. The van der Waals surface area contributed by atoms with Gasteiger partial charge in [0.25, 0.3) is 6.20 Å². The summed E-state index contributed by atoms with van der Waals surface area (Å²) < 4.78 is 0.